The summed E-state index contributed by atoms with van der Waals surface area (Å²) in [6.07, 6.45) is 2.67. The van der Waals surface area contributed by atoms with Crippen LogP contribution in [-0.2, 0) is 0 Å². The molecule has 2 unspecified atom stereocenters. The Bertz CT molecular complexity index is 123. The lowest BCUT2D eigenvalue weighted by Gasteiger charge is -2.28. The van der Waals surface area contributed by atoms with Crippen LogP contribution in [0.3, 0.4) is 0 Å². The van der Waals surface area contributed by atoms with Crippen LogP contribution in [0.2, 0.25) is 0 Å². The number of piperidine rings is 1. The Morgan fingerprint density at radius 2 is 2.25 bits per heavy atom. The van der Waals surface area contributed by atoms with Crippen molar-refractivity contribution in [1.82, 2.24) is 10.6 Å². The largest absolute Gasteiger partial charge is 0.314 e. The molecular weight excluding hydrogens is 148 g/mol. The van der Waals surface area contributed by atoms with E-state index in [0.29, 0.717) is 6.04 Å². The molecule has 0 radical (unpaired) electrons. The quantitative estimate of drug-likeness (QED) is 0.668. The van der Waals surface area contributed by atoms with E-state index in [4.69, 9.17) is 0 Å². The molecule has 1 fully saturated rings. The van der Waals surface area contributed by atoms with Crippen LogP contribution in [0.1, 0.15) is 33.6 Å². The van der Waals surface area contributed by atoms with Crippen LogP contribution in [0.4, 0.5) is 0 Å². The van der Waals surface area contributed by atoms with Gasteiger partial charge in [0.2, 0.25) is 0 Å². The fourth-order valence-corrected chi connectivity index (χ4v) is 1.82. The second-order valence-corrected chi connectivity index (χ2v) is 4.31. The molecule has 12 heavy (non-hydrogen) atoms. The van der Waals surface area contributed by atoms with Gasteiger partial charge >= 0.3 is 0 Å². The Kier molecular flexibility index (Phi) is 4.02. The number of rotatable bonds is 3. The van der Waals surface area contributed by atoms with Crippen LogP contribution in [0.15, 0.2) is 0 Å². The number of hydrogen-bond donors (Lipinski definition) is 2. The highest BCUT2D eigenvalue weighted by atomic mass is 14.9. The molecule has 0 saturated carbocycles. The third-order valence-electron chi connectivity index (χ3n) is 2.55. The minimum Gasteiger partial charge on any atom is -0.314 e. The summed E-state index contributed by atoms with van der Waals surface area (Å²) in [5.74, 6) is 0.892. The second kappa shape index (κ2) is 4.83. The lowest BCUT2D eigenvalue weighted by molar-refractivity contribution is 0.299. The molecule has 1 aliphatic heterocycles. The summed E-state index contributed by atoms with van der Waals surface area (Å²) in [5, 5.41) is 6.98. The summed E-state index contributed by atoms with van der Waals surface area (Å²) in [7, 11) is 0. The predicted molar refractivity (Wildman–Crippen MR) is 53.3 cm³/mol. The Hall–Kier alpha value is -0.0800. The minimum absolute atomic E-state index is 0.634. The van der Waals surface area contributed by atoms with E-state index < -0.39 is 0 Å². The van der Waals surface area contributed by atoms with Gasteiger partial charge in [-0.25, -0.2) is 0 Å². The highest BCUT2D eigenvalue weighted by molar-refractivity contribution is 4.76. The van der Waals surface area contributed by atoms with Gasteiger partial charge in [0.25, 0.3) is 0 Å². The van der Waals surface area contributed by atoms with Gasteiger partial charge in [0.15, 0.2) is 0 Å². The van der Waals surface area contributed by atoms with E-state index in [1.807, 2.05) is 0 Å². The molecule has 1 rings (SSSR count). The van der Waals surface area contributed by atoms with E-state index in [2.05, 4.69) is 31.4 Å². The van der Waals surface area contributed by atoms with Crippen molar-refractivity contribution in [3.8, 4) is 0 Å². The van der Waals surface area contributed by atoms with E-state index in [9.17, 15) is 0 Å². The predicted octanol–water partition coefficient (Wildman–Crippen LogP) is 1.37. The van der Waals surface area contributed by atoms with Crippen LogP contribution in [0, 0.1) is 5.92 Å². The summed E-state index contributed by atoms with van der Waals surface area (Å²) < 4.78 is 0. The maximum Gasteiger partial charge on any atom is 0.00418 e. The number of nitrogens with one attached hydrogen (secondary N) is 2. The summed E-state index contributed by atoms with van der Waals surface area (Å²) in [4.78, 5) is 0. The zero-order chi connectivity index (χ0) is 8.97. The van der Waals surface area contributed by atoms with Crippen molar-refractivity contribution >= 4 is 0 Å². The standard InChI is InChI=1S/C10H22N2/c1-8(2)12-7-10-4-5-11-9(3)6-10/h8-12H,4-7H2,1-3H3. The molecule has 2 atom stereocenters. The summed E-state index contributed by atoms with van der Waals surface area (Å²) in [5.41, 5.74) is 0. The van der Waals surface area contributed by atoms with Gasteiger partial charge in [-0.3, -0.25) is 0 Å². The first-order valence-corrected chi connectivity index (χ1v) is 5.15. The molecule has 1 heterocycles. The second-order valence-electron chi connectivity index (χ2n) is 4.31. The van der Waals surface area contributed by atoms with Crippen LogP contribution in [0.5, 0.6) is 0 Å². The van der Waals surface area contributed by atoms with Gasteiger partial charge in [-0.15, -0.1) is 0 Å². The molecule has 0 aromatic rings. The highest BCUT2D eigenvalue weighted by Crippen LogP contribution is 2.14. The molecule has 0 aromatic heterocycles. The molecule has 72 valence electrons. The molecule has 0 spiro atoms. The van der Waals surface area contributed by atoms with E-state index in [1.54, 1.807) is 0 Å². The van der Waals surface area contributed by atoms with Gasteiger partial charge < -0.3 is 10.6 Å². The monoisotopic (exact) mass is 170 g/mol. The van der Waals surface area contributed by atoms with Crippen LogP contribution in [0.25, 0.3) is 0 Å². The highest BCUT2D eigenvalue weighted by Gasteiger charge is 2.17. The van der Waals surface area contributed by atoms with Crippen molar-refractivity contribution in [1.29, 1.82) is 0 Å². The van der Waals surface area contributed by atoms with E-state index in [-0.39, 0.29) is 0 Å². The maximum atomic E-state index is 3.51. The molecule has 2 heteroatoms. The van der Waals surface area contributed by atoms with Crippen molar-refractivity contribution in [2.24, 2.45) is 5.92 Å². The van der Waals surface area contributed by atoms with E-state index in [1.165, 1.54) is 25.9 Å². The van der Waals surface area contributed by atoms with Crippen LogP contribution < -0.4 is 10.6 Å². The van der Waals surface area contributed by atoms with Crippen molar-refractivity contribution < 1.29 is 0 Å². The van der Waals surface area contributed by atoms with Gasteiger partial charge in [-0.1, -0.05) is 13.8 Å². The first-order chi connectivity index (χ1) is 5.68. The zero-order valence-electron chi connectivity index (χ0n) is 8.56. The normalized spacial score (nSPS) is 31.0. The molecule has 0 bridgehead atoms. The van der Waals surface area contributed by atoms with Gasteiger partial charge in [0.1, 0.15) is 0 Å². The fraction of sp³-hybridized carbons (Fsp3) is 1.00. The first-order valence-electron chi connectivity index (χ1n) is 5.15. The van der Waals surface area contributed by atoms with Crippen molar-refractivity contribution in [2.45, 2.75) is 45.7 Å². The molecule has 0 amide bonds. The molecule has 2 nitrogen and oxygen atoms in total. The average Bonchev–Trinajstić information content (AvgIpc) is 2.01. The molecule has 0 aliphatic carbocycles. The summed E-state index contributed by atoms with van der Waals surface area (Å²) in [6.45, 7) is 9.10. The lowest BCUT2D eigenvalue weighted by Crippen LogP contribution is -2.40. The third kappa shape index (κ3) is 3.55. The summed E-state index contributed by atoms with van der Waals surface area (Å²) >= 11 is 0. The molecule has 2 N–H and O–H groups in total. The van der Waals surface area contributed by atoms with Crippen LogP contribution >= 0.6 is 0 Å². The van der Waals surface area contributed by atoms with Gasteiger partial charge in [0.05, 0.1) is 0 Å². The molecular formula is C10H22N2. The van der Waals surface area contributed by atoms with Crippen LogP contribution in [-0.4, -0.2) is 25.2 Å². The minimum atomic E-state index is 0.634. The van der Waals surface area contributed by atoms with Gasteiger partial charge in [-0.05, 0) is 38.8 Å². The Labute approximate surface area is 76.1 Å². The van der Waals surface area contributed by atoms with Gasteiger partial charge in [0, 0.05) is 12.1 Å². The molecule has 1 aliphatic rings. The smallest absolute Gasteiger partial charge is 0.00418 e. The SMILES string of the molecule is CC(C)NCC1CCNC(C)C1. The lowest BCUT2D eigenvalue weighted by atomic mass is 9.93. The maximum absolute atomic E-state index is 3.51. The van der Waals surface area contributed by atoms with E-state index in [0.717, 1.165) is 12.0 Å². The topological polar surface area (TPSA) is 24.1 Å². The van der Waals surface area contributed by atoms with Gasteiger partial charge in [-0.2, -0.15) is 0 Å². The third-order valence-corrected chi connectivity index (χ3v) is 2.55. The Balaban J connectivity index is 2.14. The Morgan fingerprint density at radius 1 is 1.50 bits per heavy atom. The first kappa shape index (κ1) is 10.0. The summed E-state index contributed by atoms with van der Waals surface area (Å²) in [6, 6.07) is 1.35. The van der Waals surface area contributed by atoms with Crippen molar-refractivity contribution in [3.05, 3.63) is 0 Å². The fourth-order valence-electron chi connectivity index (χ4n) is 1.82. The molecule has 1 saturated heterocycles. The van der Waals surface area contributed by atoms with E-state index >= 15 is 0 Å². The zero-order valence-corrected chi connectivity index (χ0v) is 8.56. The van der Waals surface area contributed by atoms with Crippen molar-refractivity contribution in [2.75, 3.05) is 13.1 Å². The molecule has 0 aromatic carbocycles. The average molecular weight is 170 g/mol. The van der Waals surface area contributed by atoms with Crippen molar-refractivity contribution in [3.63, 3.8) is 0 Å². The Morgan fingerprint density at radius 3 is 2.83 bits per heavy atom. The number of hydrogen-bond acceptors (Lipinski definition) is 2.